The lowest BCUT2D eigenvalue weighted by Crippen LogP contribution is -2.42. The summed E-state index contributed by atoms with van der Waals surface area (Å²) < 4.78 is 5.24. The van der Waals surface area contributed by atoms with Crippen molar-refractivity contribution in [2.45, 2.75) is 24.9 Å². The Labute approximate surface area is 113 Å². The highest BCUT2D eigenvalue weighted by Crippen LogP contribution is 2.23. The van der Waals surface area contributed by atoms with Gasteiger partial charge in [0.25, 0.3) is 0 Å². The number of nitrogens with zero attached hydrogens (tertiary/aromatic N) is 1. The molecule has 1 heterocycles. The minimum Gasteiger partial charge on any atom is -0.398 e. The summed E-state index contributed by atoms with van der Waals surface area (Å²) in [5.41, 5.74) is 7.39. The van der Waals surface area contributed by atoms with Crippen molar-refractivity contribution >= 4 is 11.4 Å². The molecule has 0 unspecified atom stereocenters. The molecule has 102 valence electrons. The first-order valence-electron chi connectivity index (χ1n) is 6.42. The first-order valence-corrected chi connectivity index (χ1v) is 6.42. The van der Waals surface area contributed by atoms with Gasteiger partial charge in [0.2, 0.25) is 0 Å². The van der Waals surface area contributed by atoms with Crippen LogP contribution in [0.3, 0.4) is 0 Å². The molecule has 4 N–H and O–H groups in total. The van der Waals surface area contributed by atoms with Crippen molar-refractivity contribution in [1.82, 2.24) is 0 Å². The molecule has 1 aliphatic heterocycles. The first kappa shape index (κ1) is 13.7. The molecule has 2 rings (SSSR count). The highest BCUT2D eigenvalue weighted by Gasteiger charge is 2.29. The van der Waals surface area contributed by atoms with Crippen LogP contribution in [0.4, 0.5) is 11.4 Å². The summed E-state index contributed by atoms with van der Waals surface area (Å²) in [6.07, 6.45) is 1.57. The number of hydrogen-bond acceptors (Lipinski definition) is 5. The third kappa shape index (κ3) is 3.60. The highest BCUT2D eigenvalue weighted by molar-refractivity contribution is 5.58. The number of benzene rings is 1. The molecule has 19 heavy (non-hydrogen) atoms. The van der Waals surface area contributed by atoms with Crippen molar-refractivity contribution in [3.05, 3.63) is 23.8 Å². The summed E-state index contributed by atoms with van der Waals surface area (Å²) in [4.78, 5) is 0. The number of rotatable bonds is 4. The largest absolute Gasteiger partial charge is 0.398 e. The lowest BCUT2D eigenvalue weighted by molar-refractivity contribution is -0.0543. The zero-order chi connectivity index (χ0) is 13.7. The average Bonchev–Trinajstić information content (AvgIpc) is 2.41. The van der Waals surface area contributed by atoms with Crippen molar-refractivity contribution < 1.29 is 9.84 Å². The summed E-state index contributed by atoms with van der Waals surface area (Å²) in [6.45, 7) is 1.67. The number of nitrogens with one attached hydrogen (secondary N) is 1. The molecule has 0 saturated carbocycles. The van der Waals surface area contributed by atoms with Crippen molar-refractivity contribution in [1.29, 1.82) is 5.26 Å². The van der Waals surface area contributed by atoms with Crippen LogP contribution >= 0.6 is 0 Å². The molecule has 1 aromatic carbocycles. The van der Waals surface area contributed by atoms with Crippen LogP contribution in [0.1, 0.15) is 18.4 Å². The van der Waals surface area contributed by atoms with Crippen LogP contribution in [-0.4, -0.2) is 30.5 Å². The van der Waals surface area contributed by atoms with Gasteiger partial charge in [-0.1, -0.05) is 0 Å². The van der Waals surface area contributed by atoms with E-state index < -0.39 is 5.60 Å². The van der Waals surface area contributed by atoms with E-state index in [0.717, 1.165) is 11.3 Å². The molecule has 1 aliphatic rings. The van der Waals surface area contributed by atoms with Gasteiger partial charge in [0.05, 0.1) is 18.1 Å². The second-order valence-electron chi connectivity index (χ2n) is 4.94. The van der Waals surface area contributed by atoms with Crippen LogP contribution in [0.5, 0.6) is 0 Å². The number of nitriles is 1. The van der Waals surface area contributed by atoms with Crippen LogP contribution < -0.4 is 11.1 Å². The SMILES string of the molecule is N#CCc1cc(NCC2(O)CCOCC2)ccc1N. The molecule has 0 atom stereocenters. The zero-order valence-electron chi connectivity index (χ0n) is 10.9. The van der Waals surface area contributed by atoms with Crippen molar-refractivity contribution in [2.24, 2.45) is 0 Å². The maximum Gasteiger partial charge on any atom is 0.0863 e. The molecule has 0 radical (unpaired) electrons. The summed E-state index contributed by atoms with van der Waals surface area (Å²) in [6, 6.07) is 7.59. The van der Waals surface area contributed by atoms with E-state index in [9.17, 15) is 5.11 Å². The van der Waals surface area contributed by atoms with E-state index in [1.54, 1.807) is 6.07 Å². The topological polar surface area (TPSA) is 91.3 Å². The molecule has 0 spiro atoms. The predicted octanol–water partition coefficient (Wildman–Crippen LogP) is 1.29. The number of anilines is 2. The monoisotopic (exact) mass is 261 g/mol. The van der Waals surface area contributed by atoms with Crippen LogP contribution in [0.25, 0.3) is 0 Å². The van der Waals surface area contributed by atoms with Crippen molar-refractivity contribution in [2.75, 3.05) is 30.8 Å². The Kier molecular flexibility index (Phi) is 4.25. The number of nitrogen functional groups attached to an aromatic ring is 1. The smallest absolute Gasteiger partial charge is 0.0863 e. The molecule has 0 aromatic heterocycles. The Bertz CT molecular complexity index is 476. The molecular formula is C14H19N3O2. The van der Waals surface area contributed by atoms with E-state index >= 15 is 0 Å². The second-order valence-corrected chi connectivity index (χ2v) is 4.94. The number of ether oxygens (including phenoxy) is 1. The molecule has 0 amide bonds. The molecule has 1 aromatic rings. The predicted molar refractivity (Wildman–Crippen MR) is 73.7 cm³/mol. The summed E-state index contributed by atoms with van der Waals surface area (Å²) in [5, 5.41) is 22.3. The van der Waals surface area contributed by atoms with Crippen LogP contribution in [0, 0.1) is 11.3 Å². The van der Waals surface area contributed by atoms with E-state index in [-0.39, 0.29) is 0 Å². The fraction of sp³-hybridized carbons (Fsp3) is 0.500. The van der Waals surface area contributed by atoms with Gasteiger partial charge in [0, 0.05) is 44.0 Å². The van der Waals surface area contributed by atoms with Crippen LogP contribution in [0.15, 0.2) is 18.2 Å². The molecule has 0 aliphatic carbocycles. The summed E-state index contributed by atoms with van der Waals surface area (Å²) in [5.74, 6) is 0. The molecule has 1 saturated heterocycles. The van der Waals surface area contributed by atoms with Crippen molar-refractivity contribution in [3.63, 3.8) is 0 Å². The lowest BCUT2D eigenvalue weighted by atomic mass is 9.94. The minimum atomic E-state index is -0.713. The molecule has 5 heteroatoms. The highest BCUT2D eigenvalue weighted by atomic mass is 16.5. The quantitative estimate of drug-likeness (QED) is 0.710. The summed E-state index contributed by atoms with van der Waals surface area (Å²) >= 11 is 0. The van der Waals surface area contributed by atoms with E-state index in [1.807, 2.05) is 12.1 Å². The maximum absolute atomic E-state index is 10.3. The maximum atomic E-state index is 10.3. The first-order chi connectivity index (χ1) is 9.13. The van der Waals surface area contributed by atoms with Gasteiger partial charge in [-0.2, -0.15) is 5.26 Å². The molecule has 5 nitrogen and oxygen atoms in total. The van der Waals surface area contributed by atoms with Gasteiger partial charge in [-0.05, 0) is 23.8 Å². The van der Waals surface area contributed by atoms with E-state index in [2.05, 4.69) is 11.4 Å². The van der Waals surface area contributed by atoms with Gasteiger partial charge in [0.1, 0.15) is 0 Å². The fourth-order valence-electron chi connectivity index (χ4n) is 2.15. The van der Waals surface area contributed by atoms with Gasteiger partial charge in [-0.25, -0.2) is 0 Å². The number of aliphatic hydroxyl groups is 1. The third-order valence-electron chi connectivity index (χ3n) is 3.46. The van der Waals surface area contributed by atoms with Gasteiger partial charge in [-0.15, -0.1) is 0 Å². The van der Waals surface area contributed by atoms with E-state index in [1.165, 1.54) is 0 Å². The normalized spacial score (nSPS) is 17.7. The Balaban J connectivity index is 1.99. The van der Waals surface area contributed by atoms with Gasteiger partial charge >= 0.3 is 0 Å². The Morgan fingerprint density at radius 3 is 2.84 bits per heavy atom. The second kappa shape index (κ2) is 5.91. The Morgan fingerprint density at radius 1 is 1.42 bits per heavy atom. The lowest BCUT2D eigenvalue weighted by Gasteiger charge is -2.32. The summed E-state index contributed by atoms with van der Waals surface area (Å²) in [7, 11) is 0. The van der Waals surface area contributed by atoms with Gasteiger partial charge in [0.15, 0.2) is 0 Å². The minimum absolute atomic E-state index is 0.291. The molecular weight excluding hydrogens is 242 g/mol. The van der Waals surface area contributed by atoms with E-state index in [4.69, 9.17) is 15.7 Å². The zero-order valence-corrected chi connectivity index (χ0v) is 10.9. The number of nitrogens with two attached hydrogens (primary N) is 1. The molecule has 1 fully saturated rings. The third-order valence-corrected chi connectivity index (χ3v) is 3.46. The van der Waals surface area contributed by atoms with Crippen LogP contribution in [-0.2, 0) is 11.2 Å². The average molecular weight is 261 g/mol. The fourth-order valence-corrected chi connectivity index (χ4v) is 2.15. The Morgan fingerprint density at radius 2 is 2.16 bits per heavy atom. The molecule has 0 bridgehead atoms. The number of hydrogen-bond donors (Lipinski definition) is 3. The van der Waals surface area contributed by atoms with Gasteiger partial charge in [-0.3, -0.25) is 0 Å². The van der Waals surface area contributed by atoms with Crippen molar-refractivity contribution in [3.8, 4) is 6.07 Å². The van der Waals surface area contributed by atoms with Gasteiger partial charge < -0.3 is 20.9 Å². The van der Waals surface area contributed by atoms with Crippen LogP contribution in [0.2, 0.25) is 0 Å². The Hall–Kier alpha value is -1.77. The van der Waals surface area contributed by atoms with E-state index in [0.29, 0.717) is 44.7 Å². The standard InChI is InChI=1S/C14H19N3O2/c15-6-3-11-9-12(1-2-13(11)16)17-10-14(18)4-7-19-8-5-14/h1-2,9,17-18H,3-5,7-8,10,16H2.